The quantitative estimate of drug-likeness (QED) is 0.329. The first-order valence-corrected chi connectivity index (χ1v) is 11.8. The van der Waals surface area contributed by atoms with E-state index in [-0.39, 0.29) is 17.4 Å². The normalized spacial score (nSPS) is 12.5. The van der Waals surface area contributed by atoms with Crippen LogP contribution in [0.15, 0.2) is 58.2 Å². The molecule has 2 aromatic heterocycles. The second-order valence-electron chi connectivity index (χ2n) is 7.54. The summed E-state index contributed by atoms with van der Waals surface area (Å²) in [6.07, 6.45) is 4.14. The van der Waals surface area contributed by atoms with Crippen molar-refractivity contribution in [2.75, 3.05) is 13.7 Å². The van der Waals surface area contributed by atoms with Crippen LogP contribution in [0.1, 0.15) is 26.2 Å². The summed E-state index contributed by atoms with van der Waals surface area (Å²) in [4.78, 5) is 20.9. The standard InChI is InChI=1S/C22H26N4O6S/c1-15(2)20(26-33(28,29)18-10-8-17(30-3)9-11-18)22(27)31-13-5-7-19-24-21(25-32-19)16-6-4-12-23-14-16/h4,6,8-12,14-15,20,26H,5,7,13H2,1-3H3/t20-/m0/s1. The summed E-state index contributed by atoms with van der Waals surface area (Å²) in [7, 11) is -2.43. The average molecular weight is 475 g/mol. The van der Waals surface area contributed by atoms with E-state index in [9.17, 15) is 13.2 Å². The van der Waals surface area contributed by atoms with Gasteiger partial charge in [-0.15, -0.1) is 0 Å². The van der Waals surface area contributed by atoms with Crippen LogP contribution in [-0.2, 0) is 26.0 Å². The van der Waals surface area contributed by atoms with Crippen LogP contribution in [0.4, 0.5) is 0 Å². The molecule has 0 bridgehead atoms. The summed E-state index contributed by atoms with van der Waals surface area (Å²) in [6.45, 7) is 3.55. The molecule has 33 heavy (non-hydrogen) atoms. The first-order valence-electron chi connectivity index (χ1n) is 10.4. The number of ether oxygens (including phenoxy) is 2. The molecule has 0 aliphatic rings. The van der Waals surface area contributed by atoms with E-state index in [1.807, 2.05) is 6.07 Å². The van der Waals surface area contributed by atoms with Crippen LogP contribution in [0.25, 0.3) is 11.4 Å². The third-order valence-electron chi connectivity index (χ3n) is 4.74. The highest BCUT2D eigenvalue weighted by Crippen LogP contribution is 2.18. The van der Waals surface area contributed by atoms with Crippen molar-refractivity contribution < 1.29 is 27.2 Å². The van der Waals surface area contributed by atoms with Gasteiger partial charge in [0.15, 0.2) is 0 Å². The van der Waals surface area contributed by atoms with Gasteiger partial charge in [-0.3, -0.25) is 9.78 Å². The van der Waals surface area contributed by atoms with Crippen molar-refractivity contribution in [3.05, 3.63) is 54.7 Å². The highest BCUT2D eigenvalue weighted by atomic mass is 32.2. The van der Waals surface area contributed by atoms with Crippen molar-refractivity contribution in [1.29, 1.82) is 0 Å². The Balaban J connectivity index is 1.52. The molecule has 11 heteroatoms. The summed E-state index contributed by atoms with van der Waals surface area (Å²) in [5.74, 6) is 0.406. The van der Waals surface area contributed by atoms with Crippen molar-refractivity contribution in [3.8, 4) is 17.1 Å². The van der Waals surface area contributed by atoms with E-state index in [0.717, 1.165) is 5.56 Å². The molecule has 2 heterocycles. The minimum absolute atomic E-state index is 0.0302. The maximum atomic E-state index is 12.7. The van der Waals surface area contributed by atoms with E-state index in [1.54, 1.807) is 32.3 Å². The predicted molar refractivity (Wildman–Crippen MR) is 119 cm³/mol. The van der Waals surface area contributed by atoms with Crippen LogP contribution in [0, 0.1) is 5.92 Å². The lowest BCUT2D eigenvalue weighted by Crippen LogP contribution is -2.45. The topological polar surface area (TPSA) is 134 Å². The lowest BCUT2D eigenvalue weighted by Gasteiger charge is -2.21. The number of aryl methyl sites for hydroxylation is 1. The van der Waals surface area contributed by atoms with Gasteiger partial charge in [-0.05, 0) is 48.7 Å². The van der Waals surface area contributed by atoms with E-state index >= 15 is 0 Å². The van der Waals surface area contributed by atoms with E-state index in [2.05, 4.69) is 19.8 Å². The Kier molecular flexibility index (Phi) is 8.12. The van der Waals surface area contributed by atoms with Crippen LogP contribution in [0.3, 0.4) is 0 Å². The van der Waals surface area contributed by atoms with Gasteiger partial charge in [0.25, 0.3) is 0 Å². The SMILES string of the molecule is COc1ccc(S(=O)(=O)N[C@H](C(=O)OCCCc2nc(-c3cccnc3)no2)C(C)C)cc1. The van der Waals surface area contributed by atoms with Crippen molar-refractivity contribution in [2.45, 2.75) is 37.6 Å². The van der Waals surface area contributed by atoms with Crippen molar-refractivity contribution >= 4 is 16.0 Å². The monoisotopic (exact) mass is 474 g/mol. The van der Waals surface area contributed by atoms with Crippen LogP contribution < -0.4 is 9.46 Å². The Labute approximate surface area is 192 Å². The van der Waals surface area contributed by atoms with Crippen molar-refractivity contribution in [1.82, 2.24) is 19.8 Å². The molecular formula is C22H26N4O6S. The number of sulfonamides is 1. The van der Waals surface area contributed by atoms with Crippen LogP contribution in [0.2, 0.25) is 0 Å². The van der Waals surface area contributed by atoms with Gasteiger partial charge in [0.05, 0.1) is 18.6 Å². The molecule has 0 amide bonds. The maximum Gasteiger partial charge on any atom is 0.324 e. The van der Waals surface area contributed by atoms with E-state index < -0.39 is 22.0 Å². The van der Waals surface area contributed by atoms with Gasteiger partial charge in [0.2, 0.25) is 21.7 Å². The number of hydrogen-bond acceptors (Lipinski definition) is 9. The number of rotatable bonds is 11. The zero-order valence-corrected chi connectivity index (χ0v) is 19.4. The fraction of sp³-hybridized carbons (Fsp3) is 0.364. The molecule has 0 radical (unpaired) electrons. The Morgan fingerprint density at radius 2 is 1.94 bits per heavy atom. The van der Waals surface area contributed by atoms with Gasteiger partial charge in [0, 0.05) is 24.4 Å². The Bertz CT molecular complexity index is 1150. The Hall–Kier alpha value is -3.31. The number of aromatic nitrogens is 3. The van der Waals surface area contributed by atoms with Crippen LogP contribution >= 0.6 is 0 Å². The third-order valence-corrected chi connectivity index (χ3v) is 6.20. The minimum Gasteiger partial charge on any atom is -0.497 e. The molecule has 0 saturated carbocycles. The molecule has 1 atom stereocenters. The van der Waals surface area contributed by atoms with Gasteiger partial charge < -0.3 is 14.0 Å². The first-order chi connectivity index (χ1) is 15.8. The molecule has 0 aliphatic heterocycles. The number of hydrogen-bond donors (Lipinski definition) is 1. The predicted octanol–water partition coefficient (Wildman–Crippen LogP) is 2.62. The summed E-state index contributed by atoms with van der Waals surface area (Å²) in [6, 6.07) is 8.46. The molecule has 10 nitrogen and oxygen atoms in total. The number of nitrogens with one attached hydrogen (secondary N) is 1. The van der Waals surface area contributed by atoms with E-state index in [0.29, 0.717) is 30.3 Å². The fourth-order valence-corrected chi connectivity index (χ4v) is 4.23. The lowest BCUT2D eigenvalue weighted by molar-refractivity contribution is -0.146. The number of benzene rings is 1. The number of carbonyl (C=O) groups is 1. The van der Waals surface area contributed by atoms with Gasteiger partial charge in [0.1, 0.15) is 11.8 Å². The van der Waals surface area contributed by atoms with Crippen LogP contribution in [0.5, 0.6) is 5.75 Å². The third kappa shape index (κ3) is 6.59. The average Bonchev–Trinajstić information content (AvgIpc) is 3.29. The van der Waals surface area contributed by atoms with Crippen molar-refractivity contribution in [3.63, 3.8) is 0 Å². The molecule has 0 unspecified atom stereocenters. The number of nitrogens with zero attached hydrogens (tertiary/aromatic N) is 3. The summed E-state index contributed by atoms with van der Waals surface area (Å²) in [5.41, 5.74) is 0.739. The Morgan fingerprint density at radius 3 is 2.58 bits per heavy atom. The van der Waals surface area contributed by atoms with Crippen LogP contribution in [-0.4, -0.2) is 49.3 Å². The van der Waals surface area contributed by atoms with Gasteiger partial charge in [-0.1, -0.05) is 19.0 Å². The van der Waals surface area contributed by atoms with Crippen molar-refractivity contribution in [2.24, 2.45) is 5.92 Å². The minimum atomic E-state index is -3.92. The highest BCUT2D eigenvalue weighted by molar-refractivity contribution is 7.89. The second kappa shape index (κ2) is 11.0. The summed E-state index contributed by atoms with van der Waals surface area (Å²) < 4.78 is 43.4. The summed E-state index contributed by atoms with van der Waals surface area (Å²) in [5, 5.41) is 3.91. The molecule has 0 aliphatic carbocycles. The zero-order valence-electron chi connectivity index (χ0n) is 18.6. The van der Waals surface area contributed by atoms with E-state index in [4.69, 9.17) is 14.0 Å². The molecule has 0 spiro atoms. The largest absolute Gasteiger partial charge is 0.497 e. The van der Waals surface area contributed by atoms with Gasteiger partial charge in [-0.2, -0.15) is 9.71 Å². The maximum absolute atomic E-state index is 12.7. The number of esters is 1. The molecule has 176 valence electrons. The molecule has 1 aromatic carbocycles. The fourth-order valence-electron chi connectivity index (χ4n) is 2.90. The molecule has 0 saturated heterocycles. The first kappa shape index (κ1) is 24.3. The van der Waals surface area contributed by atoms with E-state index in [1.165, 1.54) is 31.4 Å². The molecular weight excluding hydrogens is 448 g/mol. The second-order valence-corrected chi connectivity index (χ2v) is 9.26. The number of carbonyl (C=O) groups excluding carboxylic acids is 1. The highest BCUT2D eigenvalue weighted by Gasteiger charge is 2.29. The molecule has 0 fully saturated rings. The number of methoxy groups -OCH3 is 1. The molecule has 3 rings (SSSR count). The van der Waals surface area contributed by atoms with Gasteiger partial charge in [-0.25, -0.2) is 8.42 Å². The Morgan fingerprint density at radius 1 is 1.18 bits per heavy atom. The smallest absolute Gasteiger partial charge is 0.324 e. The molecule has 3 aromatic rings. The lowest BCUT2D eigenvalue weighted by atomic mass is 10.1. The molecule has 1 N–H and O–H groups in total. The summed E-state index contributed by atoms with van der Waals surface area (Å²) >= 11 is 0. The number of pyridine rings is 1. The van der Waals surface area contributed by atoms with Gasteiger partial charge >= 0.3 is 5.97 Å². The zero-order chi connectivity index (χ0) is 23.8.